The Kier molecular flexibility index (Phi) is 5.23. The number of ether oxygens (including phenoxy) is 1. The highest BCUT2D eigenvalue weighted by Crippen LogP contribution is 2.23. The van der Waals surface area contributed by atoms with E-state index < -0.39 is 7.12 Å². The van der Waals surface area contributed by atoms with Crippen LogP contribution in [0.25, 0.3) is 0 Å². The first-order chi connectivity index (χ1) is 8.77. The molecule has 1 aromatic carbocycles. The van der Waals surface area contributed by atoms with Gasteiger partial charge in [0.15, 0.2) is 0 Å². The van der Waals surface area contributed by atoms with Gasteiger partial charge in [-0.25, -0.2) is 0 Å². The zero-order valence-electron chi connectivity index (χ0n) is 10.7. The quantitative estimate of drug-likeness (QED) is 0.775. The smallest absolute Gasteiger partial charge is 0.423 e. The zero-order valence-corrected chi connectivity index (χ0v) is 10.7. The normalized spacial score (nSPS) is 16.8. The second kappa shape index (κ2) is 6.93. The van der Waals surface area contributed by atoms with Crippen LogP contribution in [0.3, 0.4) is 0 Å². The summed E-state index contributed by atoms with van der Waals surface area (Å²) < 4.78 is 5.73. The average molecular weight is 248 g/mol. The largest absolute Gasteiger partial charge is 0.488 e. The van der Waals surface area contributed by atoms with Gasteiger partial charge in [-0.15, -0.1) is 0 Å². The molecule has 0 unspecified atom stereocenters. The van der Waals surface area contributed by atoms with E-state index in [1.807, 2.05) is 12.1 Å². The minimum atomic E-state index is -1.42. The van der Waals surface area contributed by atoms with E-state index in [0.29, 0.717) is 18.0 Å². The van der Waals surface area contributed by atoms with Crippen molar-refractivity contribution in [2.24, 2.45) is 5.92 Å². The average Bonchev–Trinajstić information content (AvgIpc) is 2.40. The van der Waals surface area contributed by atoms with Gasteiger partial charge >= 0.3 is 7.12 Å². The predicted molar refractivity (Wildman–Crippen MR) is 72.5 cm³/mol. The minimum absolute atomic E-state index is 0.463. The van der Waals surface area contributed by atoms with Crippen molar-refractivity contribution in [3.05, 3.63) is 29.8 Å². The molecule has 0 spiro atoms. The van der Waals surface area contributed by atoms with Crippen LogP contribution in [-0.2, 0) is 11.3 Å². The summed E-state index contributed by atoms with van der Waals surface area (Å²) in [7, 11) is -1.42. The predicted octanol–water partition coefficient (Wildman–Crippen LogP) is 1.46. The summed E-state index contributed by atoms with van der Waals surface area (Å²) >= 11 is 0. The van der Waals surface area contributed by atoms with Gasteiger partial charge in [-0.05, 0) is 29.8 Å². The van der Waals surface area contributed by atoms with Crippen LogP contribution in [0.2, 0.25) is 0 Å². The van der Waals surface area contributed by atoms with Gasteiger partial charge in [0.25, 0.3) is 0 Å². The minimum Gasteiger partial charge on any atom is -0.423 e. The number of hydrogen-bond acceptors (Lipinski definition) is 3. The van der Waals surface area contributed by atoms with Gasteiger partial charge in [-0.3, -0.25) is 0 Å². The van der Waals surface area contributed by atoms with Gasteiger partial charge < -0.3 is 14.8 Å². The molecule has 1 aliphatic carbocycles. The van der Waals surface area contributed by atoms with E-state index in [4.69, 9.17) is 4.74 Å². The third-order valence-corrected chi connectivity index (χ3v) is 3.67. The molecule has 0 saturated heterocycles. The first kappa shape index (κ1) is 13.6. The number of rotatable bonds is 5. The lowest BCUT2D eigenvalue weighted by Gasteiger charge is -2.21. The van der Waals surface area contributed by atoms with Crippen LogP contribution in [0.15, 0.2) is 24.3 Å². The lowest BCUT2D eigenvalue weighted by Crippen LogP contribution is -2.33. The summed E-state index contributed by atoms with van der Waals surface area (Å²) in [5.41, 5.74) is 1.41. The molecule has 1 fully saturated rings. The summed E-state index contributed by atoms with van der Waals surface area (Å²) in [4.78, 5) is 0. The van der Waals surface area contributed by atoms with Crippen LogP contribution in [0, 0.1) is 5.92 Å². The van der Waals surface area contributed by atoms with Crippen molar-refractivity contribution in [3.8, 4) is 0 Å². The SMILES string of the molecule is OB(O)c1ccccc1COCC1CCCCC1. The zero-order chi connectivity index (χ0) is 12.8. The molecular formula is C14H21BO3. The molecule has 0 atom stereocenters. The van der Waals surface area contributed by atoms with Crippen LogP contribution in [0.1, 0.15) is 37.7 Å². The molecule has 1 aliphatic rings. The summed E-state index contributed by atoms with van der Waals surface area (Å²) in [6, 6.07) is 7.31. The lowest BCUT2D eigenvalue weighted by molar-refractivity contribution is 0.0742. The molecule has 2 rings (SSSR count). The third kappa shape index (κ3) is 3.84. The van der Waals surface area contributed by atoms with Crippen molar-refractivity contribution in [1.82, 2.24) is 0 Å². The van der Waals surface area contributed by atoms with Gasteiger partial charge in [0.05, 0.1) is 6.61 Å². The highest BCUT2D eigenvalue weighted by Gasteiger charge is 2.16. The standard InChI is InChI=1S/C14H21BO3/c16-15(17)14-9-5-4-8-13(14)11-18-10-12-6-2-1-3-7-12/h4-5,8-9,12,16-17H,1-3,6-7,10-11H2. The maximum Gasteiger partial charge on any atom is 0.488 e. The van der Waals surface area contributed by atoms with Crippen LogP contribution < -0.4 is 5.46 Å². The maximum absolute atomic E-state index is 9.25. The number of hydrogen-bond donors (Lipinski definition) is 2. The Morgan fingerprint density at radius 3 is 2.56 bits per heavy atom. The van der Waals surface area contributed by atoms with E-state index in [1.165, 1.54) is 32.1 Å². The van der Waals surface area contributed by atoms with Crippen molar-refractivity contribution in [2.75, 3.05) is 6.61 Å². The maximum atomic E-state index is 9.25. The van der Waals surface area contributed by atoms with Crippen molar-refractivity contribution < 1.29 is 14.8 Å². The molecule has 98 valence electrons. The molecule has 0 aromatic heterocycles. The Hall–Kier alpha value is -0.835. The fraction of sp³-hybridized carbons (Fsp3) is 0.571. The molecule has 1 aromatic rings. The third-order valence-electron chi connectivity index (χ3n) is 3.67. The van der Waals surface area contributed by atoms with Gasteiger partial charge in [0.1, 0.15) is 0 Å². The van der Waals surface area contributed by atoms with Gasteiger partial charge in [-0.1, -0.05) is 43.5 Å². The molecule has 1 saturated carbocycles. The molecule has 0 aliphatic heterocycles. The topological polar surface area (TPSA) is 49.7 Å². The molecular weight excluding hydrogens is 227 g/mol. The van der Waals surface area contributed by atoms with E-state index in [1.54, 1.807) is 12.1 Å². The number of benzene rings is 1. The fourth-order valence-electron chi connectivity index (χ4n) is 2.61. The molecule has 0 bridgehead atoms. The fourth-order valence-corrected chi connectivity index (χ4v) is 2.61. The van der Waals surface area contributed by atoms with Crippen LogP contribution in [-0.4, -0.2) is 23.8 Å². The van der Waals surface area contributed by atoms with E-state index >= 15 is 0 Å². The molecule has 4 heteroatoms. The van der Waals surface area contributed by atoms with Crippen molar-refractivity contribution in [3.63, 3.8) is 0 Å². The molecule has 3 nitrogen and oxygen atoms in total. The Morgan fingerprint density at radius 1 is 1.11 bits per heavy atom. The molecule has 0 radical (unpaired) electrons. The second-order valence-electron chi connectivity index (χ2n) is 5.09. The van der Waals surface area contributed by atoms with Gasteiger partial charge in [0, 0.05) is 6.61 Å². The van der Waals surface area contributed by atoms with Crippen LogP contribution >= 0.6 is 0 Å². The van der Waals surface area contributed by atoms with Crippen LogP contribution in [0.5, 0.6) is 0 Å². The lowest BCUT2D eigenvalue weighted by atomic mass is 9.77. The molecule has 18 heavy (non-hydrogen) atoms. The van der Waals surface area contributed by atoms with Crippen molar-refractivity contribution in [2.45, 2.75) is 38.7 Å². The van der Waals surface area contributed by atoms with Crippen molar-refractivity contribution >= 4 is 12.6 Å². The highest BCUT2D eigenvalue weighted by atomic mass is 16.5. The van der Waals surface area contributed by atoms with Crippen molar-refractivity contribution in [1.29, 1.82) is 0 Å². The van der Waals surface area contributed by atoms with E-state index in [2.05, 4.69) is 0 Å². The molecule has 2 N–H and O–H groups in total. The first-order valence-corrected chi connectivity index (χ1v) is 6.79. The van der Waals surface area contributed by atoms with Crippen LogP contribution in [0.4, 0.5) is 0 Å². The molecule has 0 heterocycles. The Labute approximate surface area is 109 Å². The Bertz CT molecular complexity index is 362. The Morgan fingerprint density at radius 2 is 1.83 bits per heavy atom. The summed E-state index contributed by atoms with van der Waals surface area (Å²) in [5, 5.41) is 18.5. The summed E-state index contributed by atoms with van der Waals surface area (Å²) in [6.07, 6.45) is 6.53. The highest BCUT2D eigenvalue weighted by molar-refractivity contribution is 6.59. The Balaban J connectivity index is 1.82. The summed E-state index contributed by atoms with van der Waals surface area (Å²) in [6.45, 7) is 1.25. The second-order valence-corrected chi connectivity index (χ2v) is 5.09. The van der Waals surface area contributed by atoms with Gasteiger partial charge in [-0.2, -0.15) is 0 Å². The van der Waals surface area contributed by atoms with E-state index in [0.717, 1.165) is 12.2 Å². The summed E-state index contributed by atoms with van der Waals surface area (Å²) in [5.74, 6) is 0.685. The first-order valence-electron chi connectivity index (χ1n) is 6.79. The molecule has 0 amide bonds. The van der Waals surface area contributed by atoms with E-state index in [-0.39, 0.29) is 0 Å². The monoisotopic (exact) mass is 248 g/mol. The van der Waals surface area contributed by atoms with Gasteiger partial charge in [0.2, 0.25) is 0 Å². The van der Waals surface area contributed by atoms with E-state index in [9.17, 15) is 10.0 Å².